The third-order valence-electron chi connectivity index (χ3n) is 5.15. The Morgan fingerprint density at radius 3 is 2.68 bits per heavy atom. The molecule has 1 fully saturated rings. The number of alkyl halides is 3. The van der Waals surface area contributed by atoms with Gasteiger partial charge in [0.2, 0.25) is 0 Å². The molecule has 7 nitrogen and oxygen atoms in total. The van der Waals surface area contributed by atoms with Gasteiger partial charge in [0.25, 0.3) is 0 Å². The first-order chi connectivity index (χ1) is 13.3. The van der Waals surface area contributed by atoms with E-state index in [9.17, 15) is 13.2 Å². The summed E-state index contributed by atoms with van der Waals surface area (Å²) >= 11 is 0. The molecule has 1 atom stereocenters. The van der Waals surface area contributed by atoms with Crippen molar-refractivity contribution in [2.75, 3.05) is 26.2 Å². The number of rotatable bonds is 9. The molecule has 1 aliphatic rings. The van der Waals surface area contributed by atoms with Crippen molar-refractivity contribution in [3.63, 3.8) is 0 Å². The van der Waals surface area contributed by atoms with Gasteiger partial charge in [0.15, 0.2) is 11.8 Å². The molecule has 1 aromatic heterocycles. The first-order valence-corrected chi connectivity index (χ1v) is 9.98. The predicted molar refractivity (Wildman–Crippen MR) is 103 cm³/mol. The number of aromatic nitrogens is 3. The van der Waals surface area contributed by atoms with E-state index >= 15 is 0 Å². The Hall–Kier alpha value is -1.84. The highest BCUT2D eigenvalue weighted by Gasteiger charge is 2.26. The van der Waals surface area contributed by atoms with Crippen LogP contribution in [0, 0.1) is 6.92 Å². The van der Waals surface area contributed by atoms with Crippen LogP contribution in [-0.4, -0.2) is 64.0 Å². The van der Waals surface area contributed by atoms with Crippen molar-refractivity contribution in [1.82, 2.24) is 30.3 Å². The summed E-state index contributed by atoms with van der Waals surface area (Å²) in [5.41, 5.74) is 0. The Morgan fingerprint density at radius 1 is 1.25 bits per heavy atom. The number of aryl methyl sites for hydroxylation is 1. The van der Waals surface area contributed by atoms with Gasteiger partial charge in [-0.2, -0.15) is 13.2 Å². The van der Waals surface area contributed by atoms with Crippen LogP contribution < -0.4 is 10.6 Å². The number of nitrogens with one attached hydrogen (secondary N) is 2. The fourth-order valence-corrected chi connectivity index (χ4v) is 3.33. The minimum Gasteiger partial charge on any atom is -0.356 e. The summed E-state index contributed by atoms with van der Waals surface area (Å²) in [6, 6.07) is 0.458. The largest absolute Gasteiger partial charge is 0.389 e. The fraction of sp³-hybridized carbons (Fsp3) is 0.833. The number of unbranched alkanes of at least 4 members (excludes halogenated alkanes) is 1. The Morgan fingerprint density at radius 2 is 2.04 bits per heavy atom. The van der Waals surface area contributed by atoms with Crippen molar-refractivity contribution in [1.29, 1.82) is 0 Å². The van der Waals surface area contributed by atoms with Crippen molar-refractivity contribution in [3.05, 3.63) is 11.6 Å². The molecule has 160 valence electrons. The van der Waals surface area contributed by atoms with E-state index in [0.717, 1.165) is 37.7 Å². The number of likely N-dealkylation sites (N-methyl/N-ethyl adjacent to an activating group) is 1. The summed E-state index contributed by atoms with van der Waals surface area (Å²) in [7, 11) is 1.88. The van der Waals surface area contributed by atoms with Crippen molar-refractivity contribution in [2.24, 2.45) is 12.0 Å². The smallest absolute Gasteiger partial charge is 0.356 e. The van der Waals surface area contributed by atoms with Gasteiger partial charge < -0.3 is 15.2 Å². The molecule has 1 aromatic rings. The molecule has 2 heterocycles. The number of guanidine groups is 1. The maximum absolute atomic E-state index is 12.3. The number of aliphatic imine (C=N–C) groups is 1. The lowest BCUT2D eigenvalue weighted by molar-refractivity contribution is -0.135. The van der Waals surface area contributed by atoms with Gasteiger partial charge in [-0.05, 0) is 45.7 Å². The molecule has 1 unspecified atom stereocenters. The van der Waals surface area contributed by atoms with Crippen LogP contribution in [-0.2, 0) is 13.6 Å². The molecular formula is C18H32F3N7. The summed E-state index contributed by atoms with van der Waals surface area (Å²) in [6.07, 6.45) is -1.96. The van der Waals surface area contributed by atoms with Crippen LogP contribution in [0.5, 0.6) is 0 Å². The number of hydrogen-bond donors (Lipinski definition) is 2. The molecule has 1 saturated heterocycles. The molecule has 0 amide bonds. The average Bonchev–Trinajstić information content (AvgIpc) is 3.22. The van der Waals surface area contributed by atoms with Gasteiger partial charge in [0, 0.05) is 32.6 Å². The Kier molecular flexibility index (Phi) is 8.53. The van der Waals surface area contributed by atoms with Crippen LogP contribution in [0.2, 0.25) is 0 Å². The summed E-state index contributed by atoms with van der Waals surface area (Å²) in [6.45, 7) is 7.72. The van der Waals surface area contributed by atoms with Crippen LogP contribution >= 0.6 is 0 Å². The molecule has 28 heavy (non-hydrogen) atoms. The van der Waals surface area contributed by atoms with E-state index in [1.807, 2.05) is 18.5 Å². The van der Waals surface area contributed by atoms with Gasteiger partial charge in [-0.25, -0.2) is 4.99 Å². The first kappa shape index (κ1) is 22.4. The van der Waals surface area contributed by atoms with Crippen LogP contribution in [0.4, 0.5) is 13.2 Å². The normalized spacial score (nSPS) is 18.6. The lowest BCUT2D eigenvalue weighted by atomic mass is 10.2. The third-order valence-corrected chi connectivity index (χ3v) is 5.15. The molecule has 0 radical (unpaired) electrons. The van der Waals surface area contributed by atoms with E-state index in [4.69, 9.17) is 0 Å². The van der Waals surface area contributed by atoms with E-state index in [0.29, 0.717) is 31.5 Å². The molecule has 0 spiro atoms. The van der Waals surface area contributed by atoms with Gasteiger partial charge in [0.05, 0.1) is 0 Å². The average molecular weight is 403 g/mol. The number of halogens is 3. The second-order valence-electron chi connectivity index (χ2n) is 7.19. The van der Waals surface area contributed by atoms with E-state index in [-0.39, 0.29) is 6.42 Å². The monoisotopic (exact) mass is 403 g/mol. The second kappa shape index (κ2) is 10.6. The van der Waals surface area contributed by atoms with Gasteiger partial charge >= 0.3 is 6.18 Å². The molecule has 0 bridgehead atoms. The van der Waals surface area contributed by atoms with Crippen molar-refractivity contribution in [2.45, 2.75) is 64.7 Å². The van der Waals surface area contributed by atoms with E-state index in [2.05, 4.69) is 37.6 Å². The third kappa shape index (κ3) is 7.29. The van der Waals surface area contributed by atoms with Crippen LogP contribution in [0.15, 0.2) is 4.99 Å². The lowest BCUT2D eigenvalue weighted by Crippen LogP contribution is -2.45. The quantitative estimate of drug-likeness (QED) is 0.376. The highest BCUT2D eigenvalue weighted by molar-refractivity contribution is 5.79. The van der Waals surface area contributed by atoms with Gasteiger partial charge in [-0.3, -0.25) is 4.90 Å². The molecule has 2 rings (SSSR count). The summed E-state index contributed by atoms with van der Waals surface area (Å²) < 4.78 is 38.7. The zero-order valence-electron chi connectivity index (χ0n) is 17.0. The van der Waals surface area contributed by atoms with Gasteiger partial charge in [-0.1, -0.05) is 6.92 Å². The summed E-state index contributed by atoms with van der Waals surface area (Å²) in [4.78, 5) is 6.99. The van der Waals surface area contributed by atoms with Crippen molar-refractivity contribution in [3.8, 4) is 0 Å². The number of hydrogen-bond acceptors (Lipinski definition) is 4. The zero-order chi connectivity index (χ0) is 20.6. The second-order valence-corrected chi connectivity index (χ2v) is 7.19. The molecular weight excluding hydrogens is 371 g/mol. The molecule has 0 aromatic carbocycles. The number of nitrogens with zero attached hydrogens (tertiary/aromatic N) is 5. The van der Waals surface area contributed by atoms with Gasteiger partial charge in [-0.15, -0.1) is 10.2 Å². The standard InChI is InChI=1S/C18H32F3N7/c1-4-28-11-7-8-15(28)12-23-17(22-10-6-5-9-18(19,20)21)24-13-16-26-25-14(2)27(16)3/h15H,4-13H2,1-3H3,(H2,22,23,24). The summed E-state index contributed by atoms with van der Waals surface area (Å²) in [5.74, 6) is 2.16. The van der Waals surface area contributed by atoms with Crippen LogP contribution in [0.1, 0.15) is 50.7 Å². The Bertz CT molecular complexity index is 627. The fourth-order valence-electron chi connectivity index (χ4n) is 3.33. The Labute approximate surface area is 164 Å². The van der Waals surface area contributed by atoms with E-state index in [1.54, 1.807) is 0 Å². The highest BCUT2D eigenvalue weighted by atomic mass is 19.4. The predicted octanol–water partition coefficient (Wildman–Crippen LogP) is 2.38. The lowest BCUT2D eigenvalue weighted by Gasteiger charge is -2.24. The number of likely N-dealkylation sites (tertiary alicyclic amines) is 1. The molecule has 0 saturated carbocycles. The highest BCUT2D eigenvalue weighted by Crippen LogP contribution is 2.21. The zero-order valence-corrected chi connectivity index (χ0v) is 17.0. The van der Waals surface area contributed by atoms with Crippen molar-refractivity contribution < 1.29 is 13.2 Å². The van der Waals surface area contributed by atoms with E-state index < -0.39 is 12.6 Å². The van der Waals surface area contributed by atoms with E-state index in [1.165, 1.54) is 6.42 Å². The SMILES string of the molecule is CCN1CCCC1CNC(=NCc1nnc(C)n1C)NCCCCC(F)(F)F. The minimum atomic E-state index is -4.09. The van der Waals surface area contributed by atoms with Crippen molar-refractivity contribution >= 4 is 5.96 Å². The van der Waals surface area contributed by atoms with Crippen LogP contribution in [0.25, 0.3) is 0 Å². The summed E-state index contributed by atoms with van der Waals surface area (Å²) in [5, 5.41) is 14.6. The maximum Gasteiger partial charge on any atom is 0.389 e. The molecule has 1 aliphatic heterocycles. The minimum absolute atomic E-state index is 0.110. The van der Waals surface area contributed by atoms with Crippen LogP contribution in [0.3, 0.4) is 0 Å². The molecule has 10 heteroatoms. The molecule has 2 N–H and O–H groups in total. The molecule has 0 aliphatic carbocycles. The van der Waals surface area contributed by atoms with Gasteiger partial charge in [0.1, 0.15) is 12.4 Å². The first-order valence-electron chi connectivity index (χ1n) is 9.98. The topological polar surface area (TPSA) is 70.4 Å². The Balaban J connectivity index is 1.88. The maximum atomic E-state index is 12.3.